The monoisotopic (exact) mass is 264 g/mol. The van der Waals surface area contributed by atoms with Crippen molar-refractivity contribution in [3.05, 3.63) is 0 Å². The van der Waals surface area contributed by atoms with E-state index < -0.39 is 6.16 Å². The molecule has 0 aromatic heterocycles. The minimum atomic E-state index is -1.29. The van der Waals surface area contributed by atoms with Crippen LogP contribution >= 0.6 is 0 Å². The largest absolute Gasteiger partial charge is 0.505 e. The lowest BCUT2D eigenvalue weighted by atomic mass is 10.3. The summed E-state index contributed by atoms with van der Waals surface area (Å²) in [6.45, 7) is 4.30. The average Bonchev–Trinajstić information content (AvgIpc) is 2.35. The van der Waals surface area contributed by atoms with E-state index in [1.54, 1.807) is 7.11 Å². The van der Waals surface area contributed by atoms with Gasteiger partial charge in [0.05, 0.1) is 19.3 Å². The third-order valence-corrected chi connectivity index (χ3v) is 2.26. The first-order valence-corrected chi connectivity index (χ1v) is 6.24. The normalized spacial score (nSPS) is 12.3. The van der Waals surface area contributed by atoms with Gasteiger partial charge in [-0.05, 0) is 6.42 Å². The Morgan fingerprint density at radius 1 is 1.22 bits per heavy atom. The molecule has 0 saturated carbocycles. The summed E-state index contributed by atoms with van der Waals surface area (Å²) in [5.74, 6) is 0. The molecule has 0 saturated heterocycles. The number of ether oxygens (including phenoxy) is 4. The zero-order valence-corrected chi connectivity index (χ0v) is 11.2. The molecule has 0 aliphatic heterocycles. The van der Waals surface area contributed by atoms with Gasteiger partial charge in [-0.15, -0.1) is 0 Å². The Morgan fingerprint density at radius 2 is 2.00 bits per heavy atom. The lowest BCUT2D eigenvalue weighted by molar-refractivity contribution is -0.0405. The number of rotatable bonds is 12. The average molecular weight is 264 g/mol. The lowest BCUT2D eigenvalue weighted by Crippen LogP contribution is -2.25. The van der Waals surface area contributed by atoms with Crippen molar-refractivity contribution < 1.29 is 28.8 Å². The third-order valence-electron chi connectivity index (χ3n) is 2.26. The van der Waals surface area contributed by atoms with E-state index in [1.165, 1.54) is 0 Å². The number of hydrogen-bond donors (Lipinski definition) is 1. The molecule has 1 N–H and O–H groups in total. The van der Waals surface area contributed by atoms with Crippen molar-refractivity contribution in [2.75, 3.05) is 40.1 Å². The van der Waals surface area contributed by atoms with Crippen molar-refractivity contribution in [1.82, 2.24) is 0 Å². The van der Waals surface area contributed by atoms with Crippen LogP contribution in [0.15, 0.2) is 0 Å². The highest BCUT2D eigenvalue weighted by molar-refractivity contribution is 5.56. The van der Waals surface area contributed by atoms with Gasteiger partial charge in [0.25, 0.3) is 0 Å². The van der Waals surface area contributed by atoms with Crippen LogP contribution in [-0.2, 0) is 18.9 Å². The van der Waals surface area contributed by atoms with E-state index >= 15 is 0 Å². The van der Waals surface area contributed by atoms with E-state index in [9.17, 15) is 4.79 Å². The molecule has 6 heteroatoms. The highest BCUT2D eigenvalue weighted by Gasteiger charge is 2.11. The quantitative estimate of drug-likeness (QED) is 0.429. The van der Waals surface area contributed by atoms with Gasteiger partial charge < -0.3 is 24.1 Å². The summed E-state index contributed by atoms with van der Waals surface area (Å²) in [5, 5.41) is 8.42. The molecule has 1 atom stereocenters. The number of methoxy groups -OCH3 is 1. The van der Waals surface area contributed by atoms with Crippen molar-refractivity contribution in [3.8, 4) is 0 Å². The molecule has 0 radical (unpaired) electrons. The van der Waals surface area contributed by atoms with Crippen LogP contribution in [0.3, 0.4) is 0 Å². The molecule has 0 fully saturated rings. The van der Waals surface area contributed by atoms with Gasteiger partial charge >= 0.3 is 6.16 Å². The van der Waals surface area contributed by atoms with Crippen molar-refractivity contribution in [2.24, 2.45) is 0 Å². The summed E-state index contributed by atoms with van der Waals surface area (Å²) in [7, 11) is 1.59. The van der Waals surface area contributed by atoms with Crippen LogP contribution in [0.4, 0.5) is 4.79 Å². The Hall–Kier alpha value is -0.850. The van der Waals surface area contributed by atoms with E-state index in [4.69, 9.17) is 19.3 Å². The highest BCUT2D eigenvalue weighted by Crippen LogP contribution is 2.01. The van der Waals surface area contributed by atoms with Gasteiger partial charge in [0.15, 0.2) is 0 Å². The van der Waals surface area contributed by atoms with Gasteiger partial charge in [-0.25, -0.2) is 4.79 Å². The Balaban J connectivity index is 3.61. The second-order valence-corrected chi connectivity index (χ2v) is 3.82. The first-order chi connectivity index (χ1) is 8.70. The molecule has 0 heterocycles. The number of carbonyl (C=O) groups is 1. The minimum Gasteiger partial charge on any atom is -0.450 e. The standard InChI is InChI=1S/C12H24O6/c1-3-4-6-16-8-9-17-11(5-7-15-2)10-18-12(13)14/h11H,3-10H2,1-2H3,(H,13,14). The maximum Gasteiger partial charge on any atom is 0.505 e. The second kappa shape index (κ2) is 12.6. The van der Waals surface area contributed by atoms with Gasteiger partial charge in [-0.3, -0.25) is 0 Å². The SMILES string of the molecule is CCCCOCCOC(CCOC)COC(=O)O. The highest BCUT2D eigenvalue weighted by atomic mass is 16.7. The summed E-state index contributed by atoms with van der Waals surface area (Å²) in [6.07, 6.45) is 1.16. The van der Waals surface area contributed by atoms with Crippen molar-refractivity contribution in [3.63, 3.8) is 0 Å². The number of carboxylic acid groups (broad SMARTS) is 1. The summed E-state index contributed by atoms with van der Waals surface area (Å²) in [6, 6.07) is 0. The fourth-order valence-electron chi connectivity index (χ4n) is 1.25. The second-order valence-electron chi connectivity index (χ2n) is 3.82. The molecule has 6 nitrogen and oxygen atoms in total. The minimum absolute atomic E-state index is 0.0215. The summed E-state index contributed by atoms with van der Waals surface area (Å²) < 4.78 is 20.2. The van der Waals surface area contributed by atoms with Gasteiger partial charge in [-0.2, -0.15) is 0 Å². The lowest BCUT2D eigenvalue weighted by Gasteiger charge is -2.16. The molecular formula is C12H24O6. The molecule has 0 bridgehead atoms. The smallest absolute Gasteiger partial charge is 0.450 e. The Labute approximate surface area is 108 Å². The molecule has 1 unspecified atom stereocenters. The van der Waals surface area contributed by atoms with Crippen LogP contribution in [-0.4, -0.2) is 57.5 Å². The van der Waals surface area contributed by atoms with E-state index in [1.807, 2.05) is 0 Å². The van der Waals surface area contributed by atoms with E-state index in [2.05, 4.69) is 11.7 Å². The molecular weight excluding hydrogens is 240 g/mol. The maximum absolute atomic E-state index is 10.3. The molecule has 0 aliphatic rings. The predicted molar refractivity (Wildman–Crippen MR) is 65.9 cm³/mol. The van der Waals surface area contributed by atoms with Gasteiger partial charge in [0, 0.05) is 26.7 Å². The molecule has 0 aromatic rings. The molecule has 0 spiro atoms. The maximum atomic E-state index is 10.3. The Kier molecular flexibility index (Phi) is 12.0. The van der Waals surface area contributed by atoms with Crippen LogP contribution in [0, 0.1) is 0 Å². The first kappa shape index (κ1) is 17.2. The van der Waals surface area contributed by atoms with E-state index in [-0.39, 0.29) is 12.7 Å². The molecule has 0 aromatic carbocycles. The molecule has 108 valence electrons. The topological polar surface area (TPSA) is 74.2 Å². The van der Waals surface area contributed by atoms with Gasteiger partial charge in [-0.1, -0.05) is 13.3 Å². The van der Waals surface area contributed by atoms with E-state index in [0.717, 1.165) is 19.4 Å². The van der Waals surface area contributed by atoms with Crippen LogP contribution in [0.1, 0.15) is 26.2 Å². The van der Waals surface area contributed by atoms with E-state index in [0.29, 0.717) is 26.2 Å². The number of hydrogen-bond acceptors (Lipinski definition) is 5. The fourth-order valence-corrected chi connectivity index (χ4v) is 1.25. The fraction of sp³-hybridized carbons (Fsp3) is 0.917. The molecule has 18 heavy (non-hydrogen) atoms. The third kappa shape index (κ3) is 11.6. The van der Waals surface area contributed by atoms with Crippen molar-refractivity contribution in [2.45, 2.75) is 32.3 Å². The van der Waals surface area contributed by atoms with Gasteiger partial charge in [0.2, 0.25) is 0 Å². The molecule has 0 rings (SSSR count). The van der Waals surface area contributed by atoms with Crippen LogP contribution < -0.4 is 0 Å². The zero-order valence-electron chi connectivity index (χ0n) is 11.2. The Morgan fingerprint density at radius 3 is 2.61 bits per heavy atom. The summed E-state index contributed by atoms with van der Waals surface area (Å²) in [5.41, 5.74) is 0. The predicted octanol–water partition coefficient (Wildman–Crippen LogP) is 1.92. The summed E-state index contributed by atoms with van der Waals surface area (Å²) in [4.78, 5) is 10.3. The number of unbranched alkanes of at least 4 members (excludes halogenated alkanes) is 1. The summed E-state index contributed by atoms with van der Waals surface area (Å²) >= 11 is 0. The van der Waals surface area contributed by atoms with Crippen LogP contribution in [0.2, 0.25) is 0 Å². The molecule has 0 amide bonds. The van der Waals surface area contributed by atoms with Gasteiger partial charge in [0.1, 0.15) is 6.61 Å². The Bertz CT molecular complexity index is 197. The van der Waals surface area contributed by atoms with Crippen molar-refractivity contribution >= 4 is 6.16 Å². The first-order valence-electron chi connectivity index (χ1n) is 6.24. The molecule has 0 aliphatic carbocycles. The van der Waals surface area contributed by atoms with Crippen LogP contribution in [0.5, 0.6) is 0 Å². The van der Waals surface area contributed by atoms with Crippen molar-refractivity contribution in [1.29, 1.82) is 0 Å². The van der Waals surface area contributed by atoms with Crippen LogP contribution in [0.25, 0.3) is 0 Å². The zero-order chi connectivity index (χ0) is 13.6.